The molecule has 2 aliphatic heterocycles. The molecule has 8 nitrogen and oxygen atoms in total. The summed E-state index contributed by atoms with van der Waals surface area (Å²) in [4.78, 5) is 30.7. The SMILES string of the molecule is CCN=C(C=C(N)C(F)(F)F)Cn1nc2n(c1=O)[C@H](C(=O)N1C[C@@H](F)[C@@H](F)C1)CCC2. The van der Waals surface area contributed by atoms with Crippen molar-refractivity contribution < 1.29 is 26.7 Å². The normalized spacial score (nSPS) is 25.1. The molecule has 1 amide bonds. The predicted molar refractivity (Wildman–Crippen MR) is 101 cm³/mol. The van der Waals surface area contributed by atoms with E-state index in [2.05, 4.69) is 10.1 Å². The first-order valence-corrected chi connectivity index (χ1v) is 9.85. The molecule has 0 spiro atoms. The molecule has 1 aromatic rings. The summed E-state index contributed by atoms with van der Waals surface area (Å²) < 4.78 is 67.4. The molecule has 0 bridgehead atoms. The van der Waals surface area contributed by atoms with E-state index in [-0.39, 0.29) is 37.7 Å². The van der Waals surface area contributed by atoms with Gasteiger partial charge in [-0.15, -0.1) is 0 Å². The van der Waals surface area contributed by atoms with Crippen LogP contribution >= 0.6 is 0 Å². The summed E-state index contributed by atoms with van der Waals surface area (Å²) in [5, 5.41) is 4.15. The van der Waals surface area contributed by atoms with Gasteiger partial charge in [0.2, 0.25) is 5.91 Å². The van der Waals surface area contributed by atoms with Crippen LogP contribution in [-0.4, -0.2) is 69.0 Å². The van der Waals surface area contributed by atoms with Crippen LogP contribution in [0, 0.1) is 0 Å². The monoisotopic (exact) mass is 450 g/mol. The van der Waals surface area contributed by atoms with Gasteiger partial charge in [-0.05, 0) is 25.8 Å². The second-order valence-electron chi connectivity index (χ2n) is 7.47. The Bertz CT molecular complexity index is 940. The minimum absolute atomic E-state index is 0.0992. The number of allylic oxidation sites excluding steroid dienone is 2. The van der Waals surface area contributed by atoms with Crippen molar-refractivity contribution in [3.8, 4) is 0 Å². The lowest BCUT2D eigenvalue weighted by molar-refractivity contribution is -0.134. The Morgan fingerprint density at radius 1 is 1.29 bits per heavy atom. The van der Waals surface area contributed by atoms with E-state index in [0.717, 1.165) is 14.1 Å². The Labute approximate surface area is 174 Å². The summed E-state index contributed by atoms with van der Waals surface area (Å²) in [6.45, 7) is 0.629. The Hall–Kier alpha value is -2.73. The molecular formula is C18H23F5N6O2. The standard InChI is InChI=1S/C18H23F5N6O2/c1-2-25-10(6-14(24)18(21,22)23)7-28-17(31)29-13(4-3-5-15(29)26-28)16(30)27-8-11(19)12(20)9-27/h6,11-13H,2-5,7-9,24H2,1H3/t11-,12+,13-/m0/s1. The summed E-state index contributed by atoms with van der Waals surface area (Å²) in [6.07, 6.45) is -6.46. The van der Waals surface area contributed by atoms with Crippen molar-refractivity contribution in [3.05, 3.63) is 28.1 Å². The summed E-state index contributed by atoms with van der Waals surface area (Å²) in [5.41, 5.74) is 2.89. The minimum Gasteiger partial charge on any atom is -0.395 e. The van der Waals surface area contributed by atoms with Gasteiger partial charge in [-0.25, -0.2) is 18.3 Å². The highest BCUT2D eigenvalue weighted by Crippen LogP contribution is 2.27. The van der Waals surface area contributed by atoms with Gasteiger partial charge in [-0.2, -0.15) is 18.3 Å². The second-order valence-corrected chi connectivity index (χ2v) is 7.47. The molecular weight excluding hydrogens is 427 g/mol. The number of carbonyl (C=O) groups excluding carboxylic acids is 1. The molecule has 0 aliphatic carbocycles. The van der Waals surface area contributed by atoms with E-state index in [9.17, 15) is 31.5 Å². The largest absolute Gasteiger partial charge is 0.430 e. The van der Waals surface area contributed by atoms with Gasteiger partial charge < -0.3 is 10.6 Å². The molecule has 1 fully saturated rings. The van der Waals surface area contributed by atoms with Crippen LogP contribution in [0.2, 0.25) is 0 Å². The highest BCUT2D eigenvalue weighted by molar-refractivity contribution is 5.95. The smallest absolute Gasteiger partial charge is 0.395 e. The number of aliphatic imine (C=N–C) groups is 1. The van der Waals surface area contributed by atoms with Crippen LogP contribution in [0.25, 0.3) is 0 Å². The molecule has 0 aromatic carbocycles. The van der Waals surface area contributed by atoms with Crippen LogP contribution in [0.5, 0.6) is 0 Å². The molecule has 31 heavy (non-hydrogen) atoms. The fraction of sp³-hybridized carbons (Fsp3) is 0.667. The van der Waals surface area contributed by atoms with E-state index in [4.69, 9.17) is 5.73 Å². The van der Waals surface area contributed by atoms with E-state index in [1.54, 1.807) is 6.92 Å². The first kappa shape index (κ1) is 22.9. The molecule has 1 aromatic heterocycles. The number of alkyl halides is 5. The number of nitrogens with two attached hydrogens (primary N) is 1. The maximum absolute atomic E-state index is 13.5. The topological polar surface area (TPSA) is 98.5 Å². The number of aryl methyl sites for hydroxylation is 1. The number of amides is 1. The molecule has 1 saturated heterocycles. The zero-order valence-corrected chi connectivity index (χ0v) is 16.8. The van der Waals surface area contributed by atoms with Gasteiger partial charge in [0.05, 0.1) is 25.3 Å². The van der Waals surface area contributed by atoms with Gasteiger partial charge >= 0.3 is 11.9 Å². The van der Waals surface area contributed by atoms with Crippen molar-refractivity contribution in [1.29, 1.82) is 0 Å². The zero-order chi connectivity index (χ0) is 22.9. The van der Waals surface area contributed by atoms with E-state index < -0.39 is 41.9 Å². The average molecular weight is 450 g/mol. The highest BCUT2D eigenvalue weighted by atomic mass is 19.4. The summed E-state index contributed by atoms with van der Waals surface area (Å²) in [7, 11) is 0. The average Bonchev–Trinajstić information content (AvgIpc) is 3.20. The van der Waals surface area contributed by atoms with Gasteiger partial charge in [-0.1, -0.05) is 0 Å². The number of carbonyl (C=O) groups is 1. The van der Waals surface area contributed by atoms with Crippen molar-refractivity contribution in [3.63, 3.8) is 0 Å². The van der Waals surface area contributed by atoms with Gasteiger partial charge in [0.15, 0.2) is 12.3 Å². The van der Waals surface area contributed by atoms with Crippen molar-refractivity contribution in [1.82, 2.24) is 19.2 Å². The highest BCUT2D eigenvalue weighted by Gasteiger charge is 2.40. The molecule has 3 rings (SSSR count). The fourth-order valence-corrected chi connectivity index (χ4v) is 3.74. The predicted octanol–water partition coefficient (Wildman–Crippen LogP) is 1.31. The van der Waals surface area contributed by atoms with Crippen LogP contribution < -0.4 is 11.4 Å². The number of hydrogen-bond donors (Lipinski definition) is 1. The van der Waals surface area contributed by atoms with Crippen molar-refractivity contribution in [2.24, 2.45) is 10.7 Å². The van der Waals surface area contributed by atoms with Crippen molar-refractivity contribution in [2.75, 3.05) is 19.6 Å². The second kappa shape index (κ2) is 8.79. The number of nitrogens with zero attached hydrogens (tertiary/aromatic N) is 5. The van der Waals surface area contributed by atoms with Crippen LogP contribution in [0.4, 0.5) is 22.0 Å². The molecule has 0 unspecified atom stereocenters. The molecule has 2 N–H and O–H groups in total. The lowest BCUT2D eigenvalue weighted by Crippen LogP contribution is -2.42. The van der Waals surface area contributed by atoms with Gasteiger partial charge in [0.1, 0.15) is 17.6 Å². The summed E-state index contributed by atoms with van der Waals surface area (Å²) in [6, 6.07) is -0.968. The Balaban J connectivity index is 1.88. The quantitative estimate of drug-likeness (QED) is 0.540. The van der Waals surface area contributed by atoms with E-state index in [1.807, 2.05) is 0 Å². The van der Waals surface area contributed by atoms with Crippen LogP contribution in [0.3, 0.4) is 0 Å². The lowest BCUT2D eigenvalue weighted by Gasteiger charge is -2.26. The van der Waals surface area contributed by atoms with Crippen LogP contribution in [0.15, 0.2) is 21.6 Å². The van der Waals surface area contributed by atoms with Gasteiger partial charge in [-0.3, -0.25) is 14.4 Å². The number of hydrogen-bond acceptors (Lipinski definition) is 5. The van der Waals surface area contributed by atoms with Crippen molar-refractivity contribution in [2.45, 2.75) is 57.3 Å². The third kappa shape index (κ3) is 4.79. The molecule has 0 saturated carbocycles. The summed E-state index contributed by atoms with van der Waals surface area (Å²) >= 11 is 0. The number of rotatable bonds is 5. The molecule has 0 radical (unpaired) electrons. The van der Waals surface area contributed by atoms with Gasteiger partial charge in [0.25, 0.3) is 0 Å². The Morgan fingerprint density at radius 2 is 1.94 bits per heavy atom. The first-order chi connectivity index (χ1) is 14.5. The van der Waals surface area contributed by atoms with Crippen LogP contribution in [0.1, 0.15) is 31.6 Å². The minimum atomic E-state index is -4.75. The number of likely N-dealkylation sites (tertiary alicyclic amines) is 1. The van der Waals surface area contributed by atoms with E-state index in [0.29, 0.717) is 25.3 Å². The molecule has 2 aliphatic rings. The molecule has 172 valence electrons. The van der Waals surface area contributed by atoms with E-state index in [1.165, 1.54) is 0 Å². The number of aromatic nitrogens is 3. The molecule has 3 heterocycles. The third-order valence-corrected chi connectivity index (χ3v) is 5.23. The Morgan fingerprint density at radius 3 is 2.52 bits per heavy atom. The summed E-state index contributed by atoms with van der Waals surface area (Å²) in [5.74, 6) is -0.292. The number of fused-ring (bicyclic) bond motifs is 1. The van der Waals surface area contributed by atoms with E-state index >= 15 is 0 Å². The van der Waals surface area contributed by atoms with Crippen molar-refractivity contribution >= 4 is 11.6 Å². The first-order valence-electron chi connectivity index (χ1n) is 9.85. The van der Waals surface area contributed by atoms with Gasteiger partial charge in [0, 0.05) is 13.0 Å². The molecule has 3 atom stereocenters. The number of halogens is 5. The third-order valence-electron chi connectivity index (χ3n) is 5.23. The maximum atomic E-state index is 13.5. The Kier molecular flexibility index (Phi) is 6.51. The lowest BCUT2D eigenvalue weighted by atomic mass is 10.0. The fourth-order valence-electron chi connectivity index (χ4n) is 3.74. The maximum Gasteiger partial charge on any atom is 0.430 e. The van der Waals surface area contributed by atoms with Crippen LogP contribution in [-0.2, 0) is 17.8 Å². The zero-order valence-electron chi connectivity index (χ0n) is 16.8. The molecule has 13 heteroatoms.